The fourth-order valence-electron chi connectivity index (χ4n) is 2.18. The molecule has 6 N–H and O–H groups in total. The van der Waals surface area contributed by atoms with E-state index in [9.17, 15) is 15.0 Å². The summed E-state index contributed by atoms with van der Waals surface area (Å²) >= 11 is 0. The van der Waals surface area contributed by atoms with Gasteiger partial charge >= 0.3 is 0 Å². The van der Waals surface area contributed by atoms with Crippen LogP contribution in [0.5, 0.6) is 0 Å². The van der Waals surface area contributed by atoms with Crippen LogP contribution in [0.2, 0.25) is 0 Å². The molecule has 10 nitrogen and oxygen atoms in total. The number of rotatable bonds is 2. The molecule has 0 spiro atoms. The molecule has 3 heterocycles. The molecule has 0 aliphatic carbocycles. The van der Waals surface area contributed by atoms with Crippen LogP contribution in [-0.2, 0) is 9.53 Å². The number of aliphatic hydroxyl groups excluding tert-OH is 2. The quantitative estimate of drug-likeness (QED) is 0.469. The predicted octanol–water partition coefficient (Wildman–Crippen LogP) is -2.49. The maximum absolute atomic E-state index is 11.1. The van der Waals surface area contributed by atoms with Crippen LogP contribution in [0.1, 0.15) is 6.23 Å². The lowest BCUT2D eigenvalue weighted by molar-refractivity contribution is -0.134. The summed E-state index contributed by atoms with van der Waals surface area (Å²) in [5.74, 6) is -0.689. The molecule has 1 unspecified atom stereocenters. The minimum atomic E-state index is -1.42. The van der Waals surface area contributed by atoms with E-state index >= 15 is 0 Å². The summed E-state index contributed by atoms with van der Waals surface area (Å²) in [6, 6.07) is 0. The van der Waals surface area contributed by atoms with Crippen molar-refractivity contribution < 1.29 is 19.7 Å². The number of anilines is 1. The van der Waals surface area contributed by atoms with Gasteiger partial charge in [-0.15, -0.1) is 0 Å². The van der Waals surface area contributed by atoms with Gasteiger partial charge in [0.2, 0.25) is 5.91 Å². The standard InChI is InChI=1S/C10H12N6O4/c11-7-3-9(14-1-13-7)16(2-15-3)10-5(18)4(17)6(20-10)8(12)19/h1-2,4-6,10,17-18H,(H2,12,19)(H2,11,13,14)/t4-,5+,6-,10?/m0/s1. The molecule has 3 rings (SSSR count). The van der Waals surface area contributed by atoms with Gasteiger partial charge in [-0.2, -0.15) is 0 Å². The molecule has 1 aliphatic rings. The van der Waals surface area contributed by atoms with Gasteiger partial charge in [-0.05, 0) is 0 Å². The number of nitrogens with two attached hydrogens (primary N) is 2. The number of ether oxygens (including phenoxy) is 1. The molecule has 0 saturated carbocycles. The highest BCUT2D eigenvalue weighted by molar-refractivity contribution is 5.81. The molecule has 0 aromatic carbocycles. The maximum atomic E-state index is 11.1. The van der Waals surface area contributed by atoms with Gasteiger partial charge in [0.15, 0.2) is 23.8 Å². The molecule has 2 aromatic heterocycles. The van der Waals surface area contributed by atoms with Crippen LogP contribution in [0.4, 0.5) is 5.82 Å². The molecule has 0 radical (unpaired) electrons. The highest BCUT2D eigenvalue weighted by atomic mass is 16.6. The second-order valence-electron chi connectivity index (χ2n) is 4.41. The van der Waals surface area contributed by atoms with Gasteiger partial charge < -0.3 is 26.4 Å². The third-order valence-electron chi connectivity index (χ3n) is 3.18. The normalized spacial score (nSPS) is 29.9. The van der Waals surface area contributed by atoms with Gasteiger partial charge in [-0.1, -0.05) is 0 Å². The number of carbonyl (C=O) groups is 1. The molecule has 106 valence electrons. The number of carbonyl (C=O) groups excluding carboxylic acids is 1. The Balaban J connectivity index is 2.04. The van der Waals surface area contributed by atoms with Crippen molar-refractivity contribution in [3.8, 4) is 0 Å². The van der Waals surface area contributed by atoms with E-state index in [0.29, 0.717) is 11.2 Å². The average molecular weight is 280 g/mol. The molecule has 2 aromatic rings. The smallest absolute Gasteiger partial charge is 0.249 e. The van der Waals surface area contributed by atoms with Gasteiger partial charge in [-0.25, -0.2) is 15.0 Å². The molecule has 1 aliphatic heterocycles. The fraction of sp³-hybridized carbons (Fsp3) is 0.400. The Bertz CT molecular complexity index is 673. The Kier molecular flexibility index (Phi) is 2.78. The first-order valence-corrected chi connectivity index (χ1v) is 5.74. The first-order chi connectivity index (χ1) is 9.50. The zero-order chi connectivity index (χ0) is 14.4. The van der Waals surface area contributed by atoms with Crippen molar-refractivity contribution in [2.24, 2.45) is 5.73 Å². The number of hydrogen-bond acceptors (Lipinski definition) is 8. The Labute approximate surface area is 112 Å². The number of nitrogens with zero attached hydrogens (tertiary/aromatic N) is 4. The number of nitrogen functional groups attached to an aromatic ring is 1. The Morgan fingerprint density at radius 2 is 2.05 bits per heavy atom. The van der Waals surface area contributed by atoms with E-state index in [-0.39, 0.29) is 5.82 Å². The second-order valence-corrected chi connectivity index (χ2v) is 4.41. The van der Waals surface area contributed by atoms with Crippen molar-refractivity contribution in [1.82, 2.24) is 19.5 Å². The van der Waals surface area contributed by atoms with Crippen LogP contribution in [0.15, 0.2) is 12.7 Å². The van der Waals surface area contributed by atoms with Gasteiger partial charge in [0.1, 0.15) is 24.1 Å². The Morgan fingerprint density at radius 1 is 1.30 bits per heavy atom. The van der Waals surface area contributed by atoms with Crippen LogP contribution >= 0.6 is 0 Å². The largest absolute Gasteiger partial charge is 0.387 e. The van der Waals surface area contributed by atoms with Crippen LogP contribution in [0.25, 0.3) is 11.2 Å². The first-order valence-electron chi connectivity index (χ1n) is 5.74. The molecule has 20 heavy (non-hydrogen) atoms. The zero-order valence-corrected chi connectivity index (χ0v) is 10.1. The highest BCUT2D eigenvalue weighted by Gasteiger charge is 2.47. The maximum Gasteiger partial charge on any atom is 0.249 e. The van der Waals surface area contributed by atoms with E-state index in [4.69, 9.17) is 16.2 Å². The van der Waals surface area contributed by atoms with E-state index < -0.39 is 30.4 Å². The number of aromatic nitrogens is 4. The molecule has 4 atom stereocenters. The number of primary amides is 1. The van der Waals surface area contributed by atoms with Crippen LogP contribution in [-0.4, -0.2) is 54.0 Å². The van der Waals surface area contributed by atoms with E-state index in [1.54, 1.807) is 0 Å². The summed E-state index contributed by atoms with van der Waals surface area (Å²) in [5, 5.41) is 19.7. The molecule has 1 fully saturated rings. The molecule has 0 bridgehead atoms. The average Bonchev–Trinajstić information content (AvgIpc) is 2.94. The molecular formula is C10H12N6O4. The minimum absolute atomic E-state index is 0.174. The Morgan fingerprint density at radius 3 is 2.70 bits per heavy atom. The second kappa shape index (κ2) is 4.37. The first kappa shape index (κ1) is 12.7. The SMILES string of the molecule is NC(=O)[C@H]1OC(n2cnc3c(N)ncnc32)[C@H](O)[C@@H]1O. The summed E-state index contributed by atoms with van der Waals surface area (Å²) < 4.78 is 6.65. The predicted molar refractivity (Wildman–Crippen MR) is 64.9 cm³/mol. The fourth-order valence-corrected chi connectivity index (χ4v) is 2.18. The topological polar surface area (TPSA) is 162 Å². The van der Waals surface area contributed by atoms with Crippen LogP contribution < -0.4 is 11.5 Å². The number of imidazole rings is 1. The van der Waals surface area contributed by atoms with Crippen molar-refractivity contribution in [1.29, 1.82) is 0 Å². The summed E-state index contributed by atoms with van der Waals surface area (Å²) in [4.78, 5) is 22.9. The van der Waals surface area contributed by atoms with Gasteiger partial charge in [0.25, 0.3) is 0 Å². The van der Waals surface area contributed by atoms with Gasteiger partial charge in [0, 0.05) is 0 Å². The minimum Gasteiger partial charge on any atom is -0.387 e. The van der Waals surface area contributed by atoms with E-state index in [2.05, 4.69) is 15.0 Å². The lowest BCUT2D eigenvalue weighted by Crippen LogP contribution is -2.39. The summed E-state index contributed by atoms with van der Waals surface area (Å²) in [6.45, 7) is 0. The molecule has 1 amide bonds. The number of aliphatic hydroxyl groups is 2. The number of amides is 1. The molecular weight excluding hydrogens is 268 g/mol. The highest BCUT2D eigenvalue weighted by Crippen LogP contribution is 2.31. The van der Waals surface area contributed by atoms with Crippen LogP contribution in [0.3, 0.4) is 0 Å². The van der Waals surface area contributed by atoms with Gasteiger partial charge in [0.05, 0.1) is 6.33 Å². The van der Waals surface area contributed by atoms with Gasteiger partial charge in [-0.3, -0.25) is 9.36 Å². The number of hydrogen-bond donors (Lipinski definition) is 4. The molecule has 10 heteroatoms. The number of fused-ring (bicyclic) bond motifs is 1. The monoisotopic (exact) mass is 280 g/mol. The van der Waals surface area contributed by atoms with Crippen molar-refractivity contribution >= 4 is 22.9 Å². The van der Waals surface area contributed by atoms with Crippen molar-refractivity contribution in [2.75, 3.05) is 5.73 Å². The van der Waals surface area contributed by atoms with E-state index in [0.717, 1.165) is 0 Å². The Hall–Kier alpha value is -2.30. The van der Waals surface area contributed by atoms with Crippen molar-refractivity contribution in [2.45, 2.75) is 24.5 Å². The van der Waals surface area contributed by atoms with Crippen LogP contribution in [0, 0.1) is 0 Å². The van der Waals surface area contributed by atoms with Crippen molar-refractivity contribution in [3.63, 3.8) is 0 Å². The third-order valence-corrected chi connectivity index (χ3v) is 3.18. The lowest BCUT2D eigenvalue weighted by Gasteiger charge is -2.16. The van der Waals surface area contributed by atoms with E-state index in [1.807, 2.05) is 0 Å². The summed E-state index contributed by atoms with van der Waals surface area (Å²) in [7, 11) is 0. The van der Waals surface area contributed by atoms with E-state index in [1.165, 1.54) is 17.2 Å². The lowest BCUT2D eigenvalue weighted by atomic mass is 10.1. The summed E-state index contributed by atoms with van der Waals surface area (Å²) in [6.07, 6.45) is -2.54. The molecule has 1 saturated heterocycles. The van der Waals surface area contributed by atoms with Crippen molar-refractivity contribution in [3.05, 3.63) is 12.7 Å². The zero-order valence-electron chi connectivity index (χ0n) is 10.1. The third kappa shape index (κ3) is 1.70. The summed E-state index contributed by atoms with van der Waals surface area (Å²) in [5.41, 5.74) is 11.4.